The summed E-state index contributed by atoms with van der Waals surface area (Å²) in [4.78, 5) is 14.2. The number of ether oxygens (including phenoxy) is 1. The second kappa shape index (κ2) is 7.52. The maximum atomic E-state index is 13.5. The Balaban J connectivity index is 1.66. The first-order valence-electron chi connectivity index (χ1n) is 7.62. The minimum atomic E-state index is -0.430. The molecule has 0 fully saturated rings. The Morgan fingerprint density at radius 1 is 1.20 bits per heavy atom. The summed E-state index contributed by atoms with van der Waals surface area (Å²) in [5.41, 5.74) is 1.04. The van der Waals surface area contributed by atoms with Crippen molar-refractivity contribution >= 4 is 5.91 Å². The molecule has 25 heavy (non-hydrogen) atoms. The number of likely N-dealkylation sites (N-methyl/N-ethyl adjacent to an activating group) is 1. The molecule has 8 heteroatoms. The summed E-state index contributed by atoms with van der Waals surface area (Å²) in [5.74, 6) is -0.471. The van der Waals surface area contributed by atoms with Crippen molar-refractivity contribution in [2.75, 3.05) is 20.2 Å². The van der Waals surface area contributed by atoms with Gasteiger partial charge < -0.3 is 9.64 Å². The first kappa shape index (κ1) is 16.6. The molecule has 0 saturated carbocycles. The average molecular weight is 341 g/mol. The van der Waals surface area contributed by atoms with Crippen molar-refractivity contribution < 1.29 is 13.9 Å². The molecule has 1 amide bonds. The van der Waals surface area contributed by atoms with Gasteiger partial charge in [0.15, 0.2) is 11.6 Å². The molecular formula is C17H16FN5O2. The van der Waals surface area contributed by atoms with Crippen molar-refractivity contribution in [2.45, 2.75) is 0 Å². The van der Waals surface area contributed by atoms with E-state index in [0.717, 1.165) is 0 Å². The van der Waals surface area contributed by atoms with Gasteiger partial charge in [0, 0.05) is 7.05 Å². The summed E-state index contributed by atoms with van der Waals surface area (Å²) in [6, 6.07) is 13.2. The third-order valence-corrected chi connectivity index (χ3v) is 3.60. The maximum Gasteiger partial charge on any atom is 0.255 e. The van der Waals surface area contributed by atoms with Gasteiger partial charge in [-0.05, 0) is 34.7 Å². The monoisotopic (exact) mass is 341 g/mol. The Bertz CT molecular complexity index is 854. The molecule has 128 valence electrons. The van der Waals surface area contributed by atoms with Crippen LogP contribution >= 0.6 is 0 Å². The molecule has 0 spiro atoms. The summed E-state index contributed by atoms with van der Waals surface area (Å²) in [7, 11) is 1.66. The molecule has 1 heterocycles. The molecule has 0 aliphatic carbocycles. The molecule has 0 unspecified atom stereocenters. The first-order chi connectivity index (χ1) is 12.2. The van der Waals surface area contributed by atoms with Crippen LogP contribution in [0.4, 0.5) is 4.39 Å². The van der Waals surface area contributed by atoms with Crippen LogP contribution in [0, 0.1) is 5.82 Å². The van der Waals surface area contributed by atoms with E-state index in [0.29, 0.717) is 17.8 Å². The van der Waals surface area contributed by atoms with E-state index in [1.165, 1.54) is 22.0 Å². The molecule has 0 bridgehead atoms. The van der Waals surface area contributed by atoms with E-state index in [1.807, 2.05) is 0 Å². The second-order valence-electron chi connectivity index (χ2n) is 5.28. The lowest BCUT2D eigenvalue weighted by molar-refractivity contribution is 0.0772. The molecule has 0 saturated heterocycles. The van der Waals surface area contributed by atoms with E-state index in [9.17, 15) is 9.18 Å². The van der Waals surface area contributed by atoms with Crippen molar-refractivity contribution in [3.63, 3.8) is 0 Å². The smallest absolute Gasteiger partial charge is 0.255 e. The zero-order valence-electron chi connectivity index (χ0n) is 13.5. The SMILES string of the molecule is CN(CCOc1ccccc1F)C(=O)c1ccccc1-n1cnnn1. The zero-order chi connectivity index (χ0) is 17.6. The van der Waals surface area contributed by atoms with Gasteiger partial charge in [0.05, 0.1) is 17.8 Å². The highest BCUT2D eigenvalue weighted by Gasteiger charge is 2.17. The van der Waals surface area contributed by atoms with Crippen LogP contribution in [0.3, 0.4) is 0 Å². The Labute approximate surface area is 143 Å². The first-order valence-corrected chi connectivity index (χ1v) is 7.62. The van der Waals surface area contributed by atoms with E-state index >= 15 is 0 Å². The molecule has 0 aliphatic heterocycles. The van der Waals surface area contributed by atoms with E-state index in [-0.39, 0.29) is 18.3 Å². The summed E-state index contributed by atoms with van der Waals surface area (Å²) in [5, 5.41) is 11.0. The Hall–Kier alpha value is -3.29. The predicted molar refractivity (Wildman–Crippen MR) is 88.0 cm³/mol. The number of carbonyl (C=O) groups excluding carboxylic acids is 1. The topological polar surface area (TPSA) is 73.1 Å². The summed E-state index contributed by atoms with van der Waals surface area (Å²) >= 11 is 0. The largest absolute Gasteiger partial charge is 0.489 e. The quantitative estimate of drug-likeness (QED) is 0.685. The third kappa shape index (κ3) is 3.79. The van der Waals surface area contributed by atoms with Crippen LogP contribution in [0.1, 0.15) is 10.4 Å². The Kier molecular flexibility index (Phi) is 4.98. The van der Waals surface area contributed by atoms with Gasteiger partial charge >= 0.3 is 0 Å². The highest BCUT2D eigenvalue weighted by atomic mass is 19.1. The molecule has 1 aromatic heterocycles. The fraction of sp³-hybridized carbons (Fsp3) is 0.176. The van der Waals surface area contributed by atoms with Gasteiger partial charge in [-0.25, -0.2) is 4.39 Å². The highest BCUT2D eigenvalue weighted by molar-refractivity contribution is 5.97. The van der Waals surface area contributed by atoms with Gasteiger partial charge in [-0.3, -0.25) is 4.79 Å². The number of aromatic nitrogens is 4. The number of para-hydroxylation sites is 2. The lowest BCUT2D eigenvalue weighted by atomic mass is 10.1. The average Bonchev–Trinajstić information content (AvgIpc) is 3.17. The van der Waals surface area contributed by atoms with E-state index in [2.05, 4.69) is 15.5 Å². The van der Waals surface area contributed by atoms with Gasteiger partial charge in [0.25, 0.3) is 5.91 Å². The molecule has 3 rings (SSSR count). The fourth-order valence-electron chi connectivity index (χ4n) is 2.29. The number of amides is 1. The van der Waals surface area contributed by atoms with Crippen molar-refractivity contribution in [3.8, 4) is 11.4 Å². The van der Waals surface area contributed by atoms with Crippen LogP contribution in [-0.2, 0) is 0 Å². The molecule has 7 nitrogen and oxygen atoms in total. The second-order valence-corrected chi connectivity index (χ2v) is 5.28. The van der Waals surface area contributed by atoms with Crippen LogP contribution in [0.25, 0.3) is 5.69 Å². The van der Waals surface area contributed by atoms with Crippen molar-refractivity contribution in [2.24, 2.45) is 0 Å². The van der Waals surface area contributed by atoms with Gasteiger partial charge in [-0.2, -0.15) is 4.68 Å². The maximum absolute atomic E-state index is 13.5. The normalized spacial score (nSPS) is 10.5. The zero-order valence-corrected chi connectivity index (χ0v) is 13.5. The van der Waals surface area contributed by atoms with Crippen LogP contribution in [-0.4, -0.2) is 51.2 Å². The standard InChI is InChI=1S/C17H16FN5O2/c1-22(10-11-25-16-9-5-3-7-14(16)18)17(24)13-6-2-4-8-15(13)23-12-19-20-21-23/h2-9,12H,10-11H2,1H3. The van der Waals surface area contributed by atoms with Gasteiger partial charge in [-0.15, -0.1) is 5.10 Å². The van der Waals surface area contributed by atoms with Crippen molar-refractivity contribution in [1.82, 2.24) is 25.1 Å². The van der Waals surface area contributed by atoms with Crippen LogP contribution in [0.5, 0.6) is 5.75 Å². The number of rotatable bonds is 6. The molecule has 0 aliphatic rings. The van der Waals surface area contributed by atoms with Crippen molar-refractivity contribution in [3.05, 3.63) is 66.2 Å². The third-order valence-electron chi connectivity index (χ3n) is 3.60. The van der Waals surface area contributed by atoms with Crippen LogP contribution < -0.4 is 4.74 Å². The number of hydrogen-bond acceptors (Lipinski definition) is 5. The van der Waals surface area contributed by atoms with Gasteiger partial charge in [0.1, 0.15) is 12.9 Å². The molecular weight excluding hydrogens is 325 g/mol. The molecule has 0 radical (unpaired) electrons. The summed E-state index contributed by atoms with van der Waals surface area (Å²) < 4.78 is 20.3. The molecule has 2 aromatic carbocycles. The van der Waals surface area contributed by atoms with E-state index < -0.39 is 5.82 Å². The highest BCUT2D eigenvalue weighted by Crippen LogP contribution is 2.16. The number of halogens is 1. The lowest BCUT2D eigenvalue weighted by Crippen LogP contribution is -2.31. The number of benzene rings is 2. The van der Waals surface area contributed by atoms with Gasteiger partial charge in [-0.1, -0.05) is 24.3 Å². The number of hydrogen-bond donors (Lipinski definition) is 0. The van der Waals surface area contributed by atoms with Crippen LogP contribution in [0.2, 0.25) is 0 Å². The fourth-order valence-corrected chi connectivity index (χ4v) is 2.29. The Morgan fingerprint density at radius 2 is 1.96 bits per heavy atom. The van der Waals surface area contributed by atoms with E-state index in [1.54, 1.807) is 49.5 Å². The minimum absolute atomic E-state index is 0.164. The number of carbonyl (C=O) groups is 1. The van der Waals surface area contributed by atoms with Crippen LogP contribution in [0.15, 0.2) is 54.9 Å². The molecule has 0 N–H and O–H groups in total. The van der Waals surface area contributed by atoms with Gasteiger partial charge in [0.2, 0.25) is 0 Å². The number of tetrazole rings is 1. The predicted octanol–water partition coefficient (Wildman–Crippen LogP) is 1.95. The minimum Gasteiger partial charge on any atom is -0.489 e. The Morgan fingerprint density at radius 3 is 2.72 bits per heavy atom. The molecule has 0 atom stereocenters. The van der Waals surface area contributed by atoms with E-state index in [4.69, 9.17) is 4.74 Å². The van der Waals surface area contributed by atoms with Crippen molar-refractivity contribution in [1.29, 1.82) is 0 Å². The number of nitrogens with zero attached hydrogens (tertiary/aromatic N) is 5. The summed E-state index contributed by atoms with van der Waals surface area (Å²) in [6.07, 6.45) is 1.42. The summed E-state index contributed by atoms with van der Waals surface area (Å²) in [6.45, 7) is 0.479. The molecule has 3 aromatic rings. The lowest BCUT2D eigenvalue weighted by Gasteiger charge is -2.19.